The van der Waals surface area contributed by atoms with E-state index in [1.54, 1.807) is 45.0 Å². The number of benzene rings is 2. The van der Waals surface area contributed by atoms with Gasteiger partial charge in [0.2, 0.25) is 0 Å². The minimum atomic E-state index is -0.719. The number of rotatable bonds is 9. The molecule has 0 bridgehead atoms. The standard InChI is InChI=1S/C31H35NO6S/c1-6-36-30(37-7-2)23-19-18-22-24(25(23)33)28(39-26(22)29(35)38-31(3,4)5)32(21-16-12-9-13-17-21)27(34)20-14-10-8-11-15-20/h8-17,23,30H,6-7,18-19H2,1-5H3. The maximum Gasteiger partial charge on any atom is 0.349 e. The van der Waals surface area contributed by atoms with E-state index in [4.69, 9.17) is 14.2 Å². The van der Waals surface area contributed by atoms with E-state index in [0.717, 1.165) is 11.3 Å². The van der Waals surface area contributed by atoms with Crippen molar-refractivity contribution in [1.29, 1.82) is 0 Å². The van der Waals surface area contributed by atoms with Gasteiger partial charge in [-0.2, -0.15) is 0 Å². The lowest BCUT2D eigenvalue weighted by atomic mass is 9.82. The second kappa shape index (κ2) is 12.2. The second-order valence-corrected chi connectivity index (χ2v) is 11.2. The highest BCUT2D eigenvalue weighted by molar-refractivity contribution is 7.19. The van der Waals surface area contributed by atoms with Gasteiger partial charge < -0.3 is 14.2 Å². The van der Waals surface area contributed by atoms with Crippen molar-refractivity contribution in [2.24, 2.45) is 5.92 Å². The van der Waals surface area contributed by atoms with Crippen molar-refractivity contribution < 1.29 is 28.6 Å². The predicted molar refractivity (Wildman–Crippen MR) is 152 cm³/mol. The zero-order chi connectivity index (χ0) is 28.2. The summed E-state index contributed by atoms with van der Waals surface area (Å²) in [5.41, 5.74) is 1.30. The molecule has 8 heteroatoms. The van der Waals surface area contributed by atoms with Gasteiger partial charge in [0.25, 0.3) is 5.91 Å². The van der Waals surface area contributed by atoms with Crippen molar-refractivity contribution in [3.63, 3.8) is 0 Å². The lowest BCUT2D eigenvalue weighted by molar-refractivity contribution is -0.158. The highest BCUT2D eigenvalue weighted by Crippen LogP contribution is 2.46. The molecule has 1 aromatic heterocycles. The Labute approximate surface area is 233 Å². The van der Waals surface area contributed by atoms with Crippen LogP contribution in [-0.2, 0) is 20.6 Å². The number of hydrogen-bond acceptors (Lipinski definition) is 7. The molecule has 0 spiro atoms. The molecule has 4 rings (SSSR count). The molecule has 1 aliphatic rings. The molecule has 0 saturated carbocycles. The Morgan fingerprint density at radius 3 is 2.13 bits per heavy atom. The van der Waals surface area contributed by atoms with Gasteiger partial charge in [0.15, 0.2) is 12.1 Å². The SMILES string of the molecule is CCOC(OCC)C1CCc2c(C(=O)OC(C)(C)C)sc(N(C(=O)c3ccccc3)c3ccccc3)c2C1=O. The first-order valence-corrected chi connectivity index (χ1v) is 14.1. The van der Waals surface area contributed by atoms with E-state index >= 15 is 0 Å². The number of Topliss-reactive ketones (excluding diaryl/α,β-unsaturated/α-hetero) is 1. The normalized spacial score (nSPS) is 15.2. The third-order valence-corrected chi connectivity index (χ3v) is 7.49. The van der Waals surface area contributed by atoms with Gasteiger partial charge in [-0.3, -0.25) is 14.5 Å². The quantitative estimate of drug-likeness (QED) is 0.215. The lowest BCUT2D eigenvalue weighted by Crippen LogP contribution is -2.37. The van der Waals surface area contributed by atoms with E-state index in [1.165, 1.54) is 4.90 Å². The number of ether oxygens (including phenoxy) is 3. The zero-order valence-electron chi connectivity index (χ0n) is 23.1. The minimum Gasteiger partial charge on any atom is -0.456 e. The van der Waals surface area contributed by atoms with E-state index in [1.807, 2.05) is 50.2 Å². The first-order valence-electron chi connectivity index (χ1n) is 13.3. The summed E-state index contributed by atoms with van der Waals surface area (Å²) < 4.78 is 17.4. The molecule has 0 saturated heterocycles. The monoisotopic (exact) mass is 549 g/mol. The maximum absolute atomic E-state index is 14.2. The molecule has 7 nitrogen and oxygen atoms in total. The molecule has 1 heterocycles. The highest BCUT2D eigenvalue weighted by atomic mass is 32.1. The van der Waals surface area contributed by atoms with Gasteiger partial charge in [-0.05, 0) is 77.3 Å². The van der Waals surface area contributed by atoms with Crippen LogP contribution in [-0.4, -0.2) is 42.8 Å². The molecule has 1 unspecified atom stereocenters. The molecule has 39 heavy (non-hydrogen) atoms. The van der Waals surface area contributed by atoms with Crippen LogP contribution in [0.5, 0.6) is 0 Å². The Hall–Kier alpha value is -3.33. The van der Waals surface area contributed by atoms with Crippen LogP contribution >= 0.6 is 11.3 Å². The number of fused-ring (bicyclic) bond motifs is 1. The van der Waals surface area contributed by atoms with Crippen LogP contribution in [0.4, 0.5) is 10.7 Å². The zero-order valence-corrected chi connectivity index (χ0v) is 23.9. The Balaban J connectivity index is 1.92. The molecule has 0 radical (unpaired) electrons. The molecule has 206 valence electrons. The fraction of sp³-hybridized carbons (Fsp3) is 0.387. The van der Waals surface area contributed by atoms with Gasteiger partial charge in [0.1, 0.15) is 15.5 Å². The highest BCUT2D eigenvalue weighted by Gasteiger charge is 2.42. The third kappa shape index (κ3) is 6.30. The molecule has 1 amide bonds. The van der Waals surface area contributed by atoms with Crippen LogP contribution in [0.15, 0.2) is 60.7 Å². The number of carbonyl (C=O) groups is 3. The summed E-state index contributed by atoms with van der Waals surface area (Å²) in [6, 6.07) is 18.1. The first-order chi connectivity index (χ1) is 18.7. The van der Waals surface area contributed by atoms with Gasteiger partial charge in [-0.25, -0.2) is 4.79 Å². The van der Waals surface area contributed by atoms with E-state index in [9.17, 15) is 14.4 Å². The molecule has 0 aliphatic heterocycles. The molecule has 1 atom stereocenters. The average Bonchev–Trinajstić information content (AvgIpc) is 3.29. The summed E-state index contributed by atoms with van der Waals surface area (Å²) in [6.45, 7) is 9.91. The van der Waals surface area contributed by atoms with E-state index < -0.39 is 23.8 Å². The van der Waals surface area contributed by atoms with Gasteiger partial charge >= 0.3 is 5.97 Å². The molecule has 1 aliphatic carbocycles. The summed E-state index contributed by atoms with van der Waals surface area (Å²) in [5.74, 6) is -1.58. The van der Waals surface area contributed by atoms with Crippen LogP contribution in [0.2, 0.25) is 0 Å². The van der Waals surface area contributed by atoms with Crippen LogP contribution < -0.4 is 4.90 Å². The van der Waals surface area contributed by atoms with Crippen LogP contribution in [0.1, 0.15) is 77.0 Å². The topological polar surface area (TPSA) is 82.1 Å². The number of nitrogens with zero attached hydrogens (tertiary/aromatic N) is 1. The van der Waals surface area contributed by atoms with Crippen molar-refractivity contribution in [2.45, 2.75) is 59.4 Å². The lowest BCUT2D eigenvalue weighted by Gasteiger charge is -2.30. The molecular weight excluding hydrogens is 514 g/mol. The van der Waals surface area contributed by atoms with Crippen LogP contribution in [0.25, 0.3) is 0 Å². The van der Waals surface area contributed by atoms with Crippen molar-refractivity contribution >= 4 is 39.7 Å². The molecule has 0 fully saturated rings. The Morgan fingerprint density at radius 2 is 1.56 bits per heavy atom. The van der Waals surface area contributed by atoms with Crippen molar-refractivity contribution in [2.75, 3.05) is 18.1 Å². The van der Waals surface area contributed by atoms with Crippen molar-refractivity contribution in [3.05, 3.63) is 82.2 Å². The number of carbonyl (C=O) groups excluding carboxylic acids is 3. The third-order valence-electron chi connectivity index (χ3n) is 6.29. The number of anilines is 2. The van der Waals surface area contributed by atoms with Crippen LogP contribution in [0.3, 0.4) is 0 Å². The summed E-state index contributed by atoms with van der Waals surface area (Å²) in [4.78, 5) is 43.5. The van der Waals surface area contributed by atoms with Gasteiger partial charge in [0.05, 0.1) is 17.2 Å². The van der Waals surface area contributed by atoms with Gasteiger partial charge in [0, 0.05) is 18.8 Å². The largest absolute Gasteiger partial charge is 0.456 e. The fourth-order valence-electron chi connectivity index (χ4n) is 4.69. The number of para-hydroxylation sites is 1. The number of esters is 1. The number of hydrogen-bond donors (Lipinski definition) is 0. The Morgan fingerprint density at radius 1 is 0.974 bits per heavy atom. The van der Waals surface area contributed by atoms with E-state index in [-0.39, 0.29) is 11.7 Å². The average molecular weight is 550 g/mol. The molecular formula is C31H35NO6S. The fourth-order valence-corrected chi connectivity index (χ4v) is 5.94. The van der Waals surface area contributed by atoms with E-state index in [0.29, 0.717) is 58.3 Å². The maximum atomic E-state index is 14.2. The summed E-state index contributed by atoms with van der Waals surface area (Å²) in [7, 11) is 0. The second-order valence-electron chi connectivity index (χ2n) is 10.2. The number of amides is 1. The number of thiophene rings is 1. The van der Waals surface area contributed by atoms with Crippen molar-refractivity contribution in [3.8, 4) is 0 Å². The van der Waals surface area contributed by atoms with Crippen molar-refractivity contribution in [1.82, 2.24) is 0 Å². The Bertz CT molecular complexity index is 1310. The van der Waals surface area contributed by atoms with Gasteiger partial charge in [-0.1, -0.05) is 36.4 Å². The molecule has 2 aromatic carbocycles. The smallest absolute Gasteiger partial charge is 0.349 e. The minimum absolute atomic E-state index is 0.203. The summed E-state index contributed by atoms with van der Waals surface area (Å²) >= 11 is 1.12. The predicted octanol–water partition coefficient (Wildman–Crippen LogP) is 6.83. The number of ketones is 1. The van der Waals surface area contributed by atoms with Gasteiger partial charge in [-0.15, -0.1) is 11.3 Å². The summed E-state index contributed by atoms with van der Waals surface area (Å²) in [5, 5.41) is 0.396. The molecule has 0 N–H and O–H groups in total. The summed E-state index contributed by atoms with van der Waals surface area (Å²) in [6.07, 6.45) is 0.198. The Kier molecular flexibility index (Phi) is 9.00. The van der Waals surface area contributed by atoms with E-state index in [2.05, 4.69) is 0 Å². The van der Waals surface area contributed by atoms with Crippen LogP contribution in [0, 0.1) is 5.92 Å². The molecule has 3 aromatic rings. The first kappa shape index (κ1) is 28.7.